The number of anilines is 1. The van der Waals surface area contributed by atoms with Crippen LogP contribution >= 0.6 is 0 Å². The van der Waals surface area contributed by atoms with Gasteiger partial charge in [-0.1, -0.05) is 0 Å². The number of nitrogens with zero attached hydrogens (tertiary/aromatic N) is 6. The summed E-state index contributed by atoms with van der Waals surface area (Å²) in [5.41, 5.74) is 9.58. The zero-order valence-electron chi connectivity index (χ0n) is 17.0. The molecule has 0 radical (unpaired) electrons. The number of halogens is 1. The molecular weight excluding hydrogens is 387 g/mol. The monoisotopic (exact) mass is 408 g/mol. The highest BCUT2D eigenvalue weighted by atomic mass is 19.1. The Morgan fingerprint density at radius 3 is 2.60 bits per heavy atom. The predicted molar refractivity (Wildman–Crippen MR) is 111 cm³/mol. The zero-order chi connectivity index (χ0) is 21.4. The van der Waals surface area contributed by atoms with Crippen molar-refractivity contribution in [3.8, 4) is 23.0 Å². The maximum Gasteiger partial charge on any atom is 0.163 e. The van der Waals surface area contributed by atoms with Crippen LogP contribution in [-0.4, -0.2) is 41.6 Å². The Bertz CT molecular complexity index is 1280. The van der Waals surface area contributed by atoms with Crippen LogP contribution in [0.15, 0.2) is 36.7 Å². The van der Waals surface area contributed by atoms with Crippen LogP contribution in [-0.2, 0) is 7.05 Å². The molecule has 0 unspecified atom stereocenters. The average molecular weight is 408 g/mol. The maximum absolute atomic E-state index is 13.3. The van der Waals surface area contributed by atoms with Gasteiger partial charge in [0.2, 0.25) is 0 Å². The van der Waals surface area contributed by atoms with E-state index < -0.39 is 5.82 Å². The van der Waals surface area contributed by atoms with Gasteiger partial charge in [-0.15, -0.1) is 0 Å². The molecule has 3 N–H and O–H groups in total. The van der Waals surface area contributed by atoms with Crippen LogP contribution in [0.4, 0.5) is 10.2 Å². The van der Waals surface area contributed by atoms with Crippen molar-refractivity contribution in [1.29, 1.82) is 0 Å². The molecule has 0 aromatic carbocycles. The number of aromatic nitrogens is 7. The molecule has 0 aliphatic carbocycles. The third-order valence-corrected chi connectivity index (χ3v) is 4.70. The molecule has 0 aliphatic heterocycles. The number of pyridine rings is 1. The SMILES string of the molecule is COc1c(C)nn(-c2cc(N)[nH]c3nn(C)c(-c4ccc(F)cn4)c3ccn2)c1C. The lowest BCUT2D eigenvalue weighted by Gasteiger charge is -2.02. The molecule has 4 aromatic rings. The second kappa shape index (κ2) is 7.47. The summed E-state index contributed by atoms with van der Waals surface area (Å²) in [7, 11) is 3.39. The van der Waals surface area contributed by atoms with E-state index in [0.29, 0.717) is 34.4 Å². The summed E-state index contributed by atoms with van der Waals surface area (Å²) in [5.74, 6) is 1.13. The number of nitrogens with one attached hydrogen (secondary N) is 1. The smallest absolute Gasteiger partial charge is 0.163 e. The van der Waals surface area contributed by atoms with Crippen molar-refractivity contribution in [3.63, 3.8) is 0 Å². The minimum absolute atomic E-state index is 0.335. The van der Waals surface area contributed by atoms with Crippen LogP contribution in [0.5, 0.6) is 5.75 Å². The fourth-order valence-corrected chi connectivity index (χ4v) is 3.41. The number of fused-ring (bicyclic) bond motifs is 1. The average Bonchev–Trinajstić information content (AvgIpc) is 3.18. The van der Waals surface area contributed by atoms with Gasteiger partial charge in [-0.3, -0.25) is 9.67 Å². The molecular formula is C20H21FN8O. The lowest BCUT2D eigenvalue weighted by atomic mass is 10.2. The molecule has 0 amide bonds. The number of ether oxygens (including phenoxy) is 1. The maximum atomic E-state index is 13.3. The number of methoxy groups -OCH3 is 1. The second-order valence-corrected chi connectivity index (χ2v) is 6.74. The number of aromatic amines is 1. The molecule has 4 aromatic heterocycles. The van der Waals surface area contributed by atoms with Crippen molar-refractivity contribution in [1.82, 2.24) is 34.5 Å². The first-order chi connectivity index (χ1) is 14.4. The number of aryl methyl sites for hydroxylation is 2. The largest absolute Gasteiger partial charge is 0.493 e. The molecule has 0 spiro atoms. The molecule has 4 rings (SSSR count). The van der Waals surface area contributed by atoms with Gasteiger partial charge in [0.15, 0.2) is 17.2 Å². The summed E-state index contributed by atoms with van der Waals surface area (Å²) in [6.07, 6.45) is 2.81. The normalized spacial score (nSPS) is 11.0. The van der Waals surface area contributed by atoms with Gasteiger partial charge in [-0.05, 0) is 32.0 Å². The topological polar surface area (TPSA) is 112 Å². The summed E-state index contributed by atoms with van der Waals surface area (Å²) in [6.45, 7) is 3.75. The van der Waals surface area contributed by atoms with Crippen molar-refractivity contribution < 1.29 is 9.13 Å². The molecule has 0 saturated carbocycles. The van der Waals surface area contributed by atoms with Gasteiger partial charge in [-0.25, -0.2) is 14.1 Å². The van der Waals surface area contributed by atoms with Crippen molar-refractivity contribution in [2.45, 2.75) is 13.8 Å². The summed E-state index contributed by atoms with van der Waals surface area (Å²) >= 11 is 0. The quantitative estimate of drug-likeness (QED) is 0.539. The predicted octanol–water partition coefficient (Wildman–Crippen LogP) is 3.02. The molecule has 0 fully saturated rings. The molecule has 0 bridgehead atoms. The Morgan fingerprint density at radius 1 is 1.13 bits per heavy atom. The molecule has 0 saturated heterocycles. The van der Waals surface area contributed by atoms with Crippen LogP contribution in [0, 0.1) is 19.7 Å². The molecule has 154 valence electrons. The third-order valence-electron chi connectivity index (χ3n) is 4.70. The lowest BCUT2D eigenvalue weighted by Crippen LogP contribution is -2.02. The van der Waals surface area contributed by atoms with E-state index in [1.54, 1.807) is 47.9 Å². The van der Waals surface area contributed by atoms with E-state index in [1.165, 1.54) is 12.3 Å². The number of hydrogen-bond donors (Lipinski definition) is 2. The highest BCUT2D eigenvalue weighted by Crippen LogP contribution is 2.26. The highest BCUT2D eigenvalue weighted by molar-refractivity contribution is 5.89. The summed E-state index contributed by atoms with van der Waals surface area (Å²) in [4.78, 5) is 11.8. The standard InChI is InChI=1S/C20H21FN8O/c1-11-19(30-4)12(2)29(26-11)17-9-16(22)25-20-14(7-8-23-17)18(28(3)27-20)15-6-5-13(21)10-24-15/h5-10H,22H2,1-4H3,(H,25,27). The first-order valence-corrected chi connectivity index (χ1v) is 9.17. The molecule has 10 heteroatoms. The van der Waals surface area contributed by atoms with Gasteiger partial charge in [0.25, 0.3) is 0 Å². The summed E-state index contributed by atoms with van der Waals surface area (Å²) in [6, 6.07) is 6.42. The van der Waals surface area contributed by atoms with Gasteiger partial charge in [0.05, 0.1) is 30.4 Å². The first kappa shape index (κ1) is 19.4. The summed E-state index contributed by atoms with van der Waals surface area (Å²) < 4.78 is 22.0. The van der Waals surface area contributed by atoms with E-state index in [0.717, 1.165) is 16.8 Å². The number of H-pyrrole nitrogens is 1. The highest BCUT2D eigenvalue weighted by Gasteiger charge is 2.15. The summed E-state index contributed by atoms with van der Waals surface area (Å²) in [5, 5.41) is 9.72. The minimum Gasteiger partial charge on any atom is -0.493 e. The van der Waals surface area contributed by atoms with E-state index in [2.05, 4.69) is 25.1 Å². The van der Waals surface area contributed by atoms with Crippen LogP contribution in [0.25, 0.3) is 28.2 Å². The van der Waals surface area contributed by atoms with E-state index in [9.17, 15) is 4.39 Å². The van der Waals surface area contributed by atoms with Crippen molar-refractivity contribution in [2.75, 3.05) is 12.8 Å². The third kappa shape index (κ3) is 3.32. The van der Waals surface area contributed by atoms with Crippen molar-refractivity contribution in [3.05, 3.63) is 53.9 Å². The van der Waals surface area contributed by atoms with Crippen LogP contribution < -0.4 is 10.5 Å². The number of nitrogens with two attached hydrogens (primary N) is 1. The fraction of sp³-hybridized carbons (Fsp3) is 0.200. The first-order valence-electron chi connectivity index (χ1n) is 9.17. The number of nitrogen functional groups attached to an aromatic ring is 1. The van der Waals surface area contributed by atoms with Crippen molar-refractivity contribution in [2.24, 2.45) is 7.05 Å². The Hall–Kier alpha value is -3.95. The van der Waals surface area contributed by atoms with Gasteiger partial charge < -0.3 is 15.5 Å². The Kier molecular flexibility index (Phi) is 4.82. The van der Waals surface area contributed by atoms with E-state index in [4.69, 9.17) is 10.5 Å². The van der Waals surface area contributed by atoms with Gasteiger partial charge in [-0.2, -0.15) is 10.2 Å². The second-order valence-electron chi connectivity index (χ2n) is 6.74. The fourth-order valence-electron chi connectivity index (χ4n) is 3.41. The number of rotatable bonds is 3. The van der Waals surface area contributed by atoms with Crippen LogP contribution in [0.2, 0.25) is 0 Å². The van der Waals surface area contributed by atoms with Crippen LogP contribution in [0.1, 0.15) is 11.4 Å². The van der Waals surface area contributed by atoms with Gasteiger partial charge in [0.1, 0.15) is 17.3 Å². The Balaban J connectivity index is 1.95. The van der Waals surface area contributed by atoms with E-state index in [-0.39, 0.29) is 0 Å². The number of hydrogen-bond acceptors (Lipinski definition) is 6. The zero-order valence-corrected chi connectivity index (χ0v) is 17.0. The Morgan fingerprint density at radius 2 is 1.93 bits per heavy atom. The van der Waals surface area contributed by atoms with Crippen LogP contribution in [0.3, 0.4) is 0 Å². The van der Waals surface area contributed by atoms with Gasteiger partial charge in [0, 0.05) is 24.7 Å². The molecule has 9 nitrogen and oxygen atoms in total. The molecule has 30 heavy (non-hydrogen) atoms. The Labute approximate surface area is 171 Å². The van der Waals surface area contributed by atoms with Crippen molar-refractivity contribution >= 4 is 16.9 Å². The van der Waals surface area contributed by atoms with Gasteiger partial charge >= 0.3 is 0 Å². The molecule has 0 aliphatic rings. The van der Waals surface area contributed by atoms with E-state index >= 15 is 0 Å². The lowest BCUT2D eigenvalue weighted by molar-refractivity contribution is 0.408. The molecule has 0 atom stereocenters. The van der Waals surface area contributed by atoms with E-state index in [1.807, 2.05) is 13.8 Å². The molecule has 4 heterocycles. The minimum atomic E-state index is -0.406.